The molecule has 2 aromatic rings. The molecule has 0 atom stereocenters. The lowest BCUT2D eigenvalue weighted by Crippen LogP contribution is -2.36. The number of thiocarbonyl (C=S) groups is 1. The van der Waals surface area contributed by atoms with Crippen LogP contribution in [-0.2, 0) is 17.8 Å². The minimum atomic E-state index is -0.451. The summed E-state index contributed by atoms with van der Waals surface area (Å²) in [5, 5.41) is 6.75. The predicted molar refractivity (Wildman–Crippen MR) is 107 cm³/mol. The first-order valence-corrected chi connectivity index (χ1v) is 9.27. The number of ether oxygens (including phenoxy) is 1. The molecule has 0 unspecified atom stereocenters. The van der Waals surface area contributed by atoms with Crippen LogP contribution in [0.2, 0.25) is 5.02 Å². The topological polar surface area (TPSA) is 36.5 Å². The third-order valence-electron chi connectivity index (χ3n) is 4.23. The predicted octanol–water partition coefficient (Wildman–Crippen LogP) is 3.80. The number of nitrogens with one attached hydrogen (secondary N) is 2. The molecule has 1 saturated heterocycles. The molecule has 1 aliphatic heterocycles. The van der Waals surface area contributed by atoms with Gasteiger partial charge in [0, 0.05) is 31.9 Å². The fourth-order valence-corrected chi connectivity index (χ4v) is 3.18. The fraction of sp³-hybridized carbons (Fsp3) is 0.316. The Bertz CT molecular complexity index is 768. The zero-order chi connectivity index (χ0) is 18.4. The summed E-state index contributed by atoms with van der Waals surface area (Å²) in [4.78, 5) is 2.39. The van der Waals surface area contributed by atoms with E-state index in [0.717, 1.165) is 32.8 Å². The van der Waals surface area contributed by atoms with E-state index in [4.69, 9.17) is 28.6 Å². The lowest BCUT2D eigenvalue weighted by Gasteiger charge is -2.27. The first kappa shape index (κ1) is 19.0. The summed E-state index contributed by atoms with van der Waals surface area (Å²) in [6.45, 7) is 4.99. The van der Waals surface area contributed by atoms with Crippen molar-refractivity contribution in [2.45, 2.75) is 13.1 Å². The van der Waals surface area contributed by atoms with Crippen LogP contribution >= 0.6 is 23.8 Å². The van der Waals surface area contributed by atoms with E-state index >= 15 is 0 Å². The normalized spacial score (nSPS) is 14.8. The average molecular weight is 394 g/mol. The number of benzene rings is 2. The highest BCUT2D eigenvalue weighted by Gasteiger charge is 2.12. The van der Waals surface area contributed by atoms with Gasteiger partial charge in [-0.25, -0.2) is 4.39 Å². The van der Waals surface area contributed by atoms with Crippen LogP contribution in [0.5, 0.6) is 0 Å². The molecule has 2 N–H and O–H groups in total. The van der Waals surface area contributed by atoms with Crippen molar-refractivity contribution in [1.29, 1.82) is 0 Å². The molecule has 4 nitrogen and oxygen atoms in total. The Morgan fingerprint density at radius 2 is 1.88 bits per heavy atom. The van der Waals surface area contributed by atoms with Crippen molar-refractivity contribution in [3.8, 4) is 0 Å². The van der Waals surface area contributed by atoms with Gasteiger partial charge >= 0.3 is 0 Å². The number of hydrogen-bond donors (Lipinski definition) is 2. The summed E-state index contributed by atoms with van der Waals surface area (Å²) in [7, 11) is 0. The smallest absolute Gasteiger partial charge is 0.171 e. The molecule has 1 aliphatic rings. The molecule has 1 heterocycles. The Labute approximate surface area is 163 Å². The lowest BCUT2D eigenvalue weighted by atomic mass is 10.1. The Morgan fingerprint density at radius 3 is 2.62 bits per heavy atom. The molecule has 0 bridgehead atoms. The quantitative estimate of drug-likeness (QED) is 0.756. The number of hydrogen-bond acceptors (Lipinski definition) is 3. The Morgan fingerprint density at radius 1 is 1.15 bits per heavy atom. The maximum atomic E-state index is 13.2. The second kappa shape index (κ2) is 9.28. The van der Waals surface area contributed by atoms with Gasteiger partial charge in [-0.05, 0) is 41.5 Å². The molecule has 0 aliphatic carbocycles. The molecule has 7 heteroatoms. The standard InChI is InChI=1S/C19H21ClFN3OS/c20-17-11-16(5-6-18(17)21)23-19(26)22-12-14-3-1-2-4-15(14)13-24-7-9-25-10-8-24/h1-6,11H,7-10,12-13H2,(H2,22,23,26). The van der Waals surface area contributed by atoms with Crippen LogP contribution < -0.4 is 10.6 Å². The first-order valence-electron chi connectivity index (χ1n) is 8.48. The Kier molecular flexibility index (Phi) is 6.80. The Hall–Kier alpha value is -1.73. The average Bonchev–Trinajstić information content (AvgIpc) is 2.65. The van der Waals surface area contributed by atoms with E-state index in [1.165, 1.54) is 23.3 Å². The molecule has 2 aromatic carbocycles. The lowest BCUT2D eigenvalue weighted by molar-refractivity contribution is 0.0341. The summed E-state index contributed by atoms with van der Waals surface area (Å²) in [5.74, 6) is -0.451. The fourth-order valence-electron chi connectivity index (χ4n) is 2.81. The highest BCUT2D eigenvalue weighted by molar-refractivity contribution is 7.80. The van der Waals surface area contributed by atoms with Gasteiger partial charge in [-0.2, -0.15) is 0 Å². The van der Waals surface area contributed by atoms with Gasteiger partial charge < -0.3 is 15.4 Å². The van der Waals surface area contributed by atoms with Gasteiger partial charge in [0.25, 0.3) is 0 Å². The summed E-state index contributed by atoms with van der Waals surface area (Å²) < 4.78 is 18.6. The van der Waals surface area contributed by atoms with Crippen LogP contribution in [0.1, 0.15) is 11.1 Å². The van der Waals surface area contributed by atoms with Crippen molar-refractivity contribution in [2.75, 3.05) is 31.6 Å². The van der Waals surface area contributed by atoms with Crippen LogP contribution in [0.4, 0.5) is 10.1 Å². The van der Waals surface area contributed by atoms with Crippen LogP contribution in [0.25, 0.3) is 0 Å². The summed E-state index contributed by atoms with van der Waals surface area (Å²) >= 11 is 11.1. The van der Waals surface area contributed by atoms with E-state index in [2.05, 4.69) is 33.7 Å². The van der Waals surface area contributed by atoms with Gasteiger partial charge in [0.05, 0.1) is 18.2 Å². The second-order valence-electron chi connectivity index (χ2n) is 6.09. The van der Waals surface area contributed by atoms with Gasteiger partial charge in [0.1, 0.15) is 5.82 Å². The van der Waals surface area contributed by atoms with E-state index in [1.807, 2.05) is 6.07 Å². The number of halogens is 2. The van der Waals surface area contributed by atoms with Crippen molar-refractivity contribution in [3.05, 3.63) is 64.4 Å². The van der Waals surface area contributed by atoms with Crippen LogP contribution in [-0.4, -0.2) is 36.3 Å². The minimum Gasteiger partial charge on any atom is -0.379 e. The van der Waals surface area contributed by atoms with Gasteiger partial charge in [-0.15, -0.1) is 0 Å². The largest absolute Gasteiger partial charge is 0.379 e. The van der Waals surface area contributed by atoms with Crippen LogP contribution in [0.3, 0.4) is 0 Å². The molecule has 1 fully saturated rings. The number of morpholine rings is 1. The number of nitrogens with zero attached hydrogens (tertiary/aromatic N) is 1. The van der Waals surface area contributed by atoms with Crippen LogP contribution in [0, 0.1) is 5.82 Å². The minimum absolute atomic E-state index is 0.0636. The van der Waals surface area contributed by atoms with Crippen molar-refractivity contribution in [3.63, 3.8) is 0 Å². The molecule has 0 aromatic heterocycles. The molecular formula is C19H21ClFN3OS. The highest BCUT2D eigenvalue weighted by atomic mass is 35.5. The number of anilines is 1. The SMILES string of the molecule is Fc1ccc(NC(=S)NCc2ccccc2CN2CCOCC2)cc1Cl. The van der Waals surface area contributed by atoms with Crippen molar-refractivity contribution >= 4 is 34.6 Å². The van der Waals surface area contributed by atoms with Gasteiger partial charge in [-0.1, -0.05) is 35.9 Å². The summed E-state index contributed by atoms with van der Waals surface area (Å²) in [6, 6.07) is 12.7. The zero-order valence-electron chi connectivity index (χ0n) is 14.3. The molecule has 0 radical (unpaired) electrons. The van der Waals surface area contributed by atoms with E-state index in [-0.39, 0.29) is 5.02 Å². The monoisotopic (exact) mass is 393 g/mol. The van der Waals surface area contributed by atoms with E-state index < -0.39 is 5.82 Å². The van der Waals surface area contributed by atoms with E-state index in [1.54, 1.807) is 6.07 Å². The van der Waals surface area contributed by atoms with Crippen molar-refractivity contribution in [2.24, 2.45) is 0 Å². The van der Waals surface area contributed by atoms with Crippen molar-refractivity contribution < 1.29 is 9.13 Å². The van der Waals surface area contributed by atoms with Crippen LogP contribution in [0.15, 0.2) is 42.5 Å². The molecule has 0 amide bonds. The first-order chi connectivity index (χ1) is 12.6. The highest BCUT2D eigenvalue weighted by Crippen LogP contribution is 2.19. The molecule has 3 rings (SSSR count). The number of rotatable bonds is 5. The maximum Gasteiger partial charge on any atom is 0.171 e. The summed E-state index contributed by atoms with van der Waals surface area (Å²) in [6.07, 6.45) is 0. The third kappa shape index (κ3) is 5.38. The zero-order valence-corrected chi connectivity index (χ0v) is 15.9. The molecule has 0 saturated carbocycles. The maximum absolute atomic E-state index is 13.2. The van der Waals surface area contributed by atoms with Crippen molar-refractivity contribution in [1.82, 2.24) is 10.2 Å². The Balaban J connectivity index is 1.56. The van der Waals surface area contributed by atoms with E-state index in [9.17, 15) is 4.39 Å². The molecule has 26 heavy (non-hydrogen) atoms. The molecule has 0 spiro atoms. The molecule has 138 valence electrons. The molecular weight excluding hydrogens is 373 g/mol. The van der Waals surface area contributed by atoms with E-state index in [0.29, 0.717) is 17.3 Å². The van der Waals surface area contributed by atoms with Gasteiger partial charge in [0.2, 0.25) is 0 Å². The van der Waals surface area contributed by atoms with Gasteiger partial charge in [-0.3, -0.25) is 4.90 Å². The third-order valence-corrected chi connectivity index (χ3v) is 4.77. The summed E-state index contributed by atoms with van der Waals surface area (Å²) in [5.41, 5.74) is 3.12. The second-order valence-corrected chi connectivity index (χ2v) is 6.91. The van der Waals surface area contributed by atoms with Gasteiger partial charge in [0.15, 0.2) is 5.11 Å².